The van der Waals surface area contributed by atoms with Gasteiger partial charge in [0.25, 0.3) is 5.56 Å². The normalized spacial score (nSPS) is 25.6. The van der Waals surface area contributed by atoms with Gasteiger partial charge in [-0.1, -0.05) is 0 Å². The molecule has 2 aromatic heterocycles. The number of phenolic OH excluding ortho intramolecular Hbond substituents is 1. The van der Waals surface area contributed by atoms with Crippen molar-refractivity contribution in [2.75, 3.05) is 11.9 Å². The summed E-state index contributed by atoms with van der Waals surface area (Å²) >= 11 is 0. The van der Waals surface area contributed by atoms with E-state index >= 15 is 0 Å². The average Bonchev–Trinajstić information content (AvgIpc) is 3.17. The van der Waals surface area contributed by atoms with Gasteiger partial charge in [-0.3, -0.25) is 4.79 Å². The highest BCUT2D eigenvalue weighted by Crippen LogP contribution is 2.34. The molecule has 4 atom stereocenters. The predicted octanol–water partition coefficient (Wildman–Crippen LogP) is 1.76. The van der Waals surface area contributed by atoms with Crippen LogP contribution in [0.15, 0.2) is 35.4 Å². The second-order valence-corrected chi connectivity index (χ2v) is 8.23. The Morgan fingerprint density at radius 2 is 2.10 bits per heavy atom. The summed E-state index contributed by atoms with van der Waals surface area (Å²) in [4.78, 5) is 18.3. The van der Waals surface area contributed by atoms with Crippen LogP contribution in [0.25, 0.3) is 22.2 Å². The minimum atomic E-state index is -0.951. The van der Waals surface area contributed by atoms with E-state index < -0.39 is 6.17 Å². The van der Waals surface area contributed by atoms with E-state index in [2.05, 4.69) is 20.5 Å². The summed E-state index contributed by atoms with van der Waals surface area (Å²) in [5, 5.41) is 22.7. The Morgan fingerprint density at radius 3 is 2.87 bits per heavy atom. The largest absolute Gasteiger partial charge is 0.507 e. The third kappa shape index (κ3) is 3.00. The van der Waals surface area contributed by atoms with Crippen LogP contribution in [0.2, 0.25) is 0 Å². The minimum absolute atomic E-state index is 0.0678. The zero-order valence-electron chi connectivity index (χ0n) is 16.8. The molecular formula is C21H23FN6O2. The van der Waals surface area contributed by atoms with Gasteiger partial charge in [0.15, 0.2) is 5.82 Å². The van der Waals surface area contributed by atoms with Crippen molar-refractivity contribution < 1.29 is 9.50 Å². The number of fused-ring (bicyclic) bond motifs is 3. The van der Waals surface area contributed by atoms with Gasteiger partial charge in [-0.15, -0.1) is 10.2 Å². The number of alkyl halides is 1. The Morgan fingerprint density at radius 1 is 1.27 bits per heavy atom. The maximum atomic E-state index is 14.9. The lowest BCUT2D eigenvalue weighted by atomic mass is 9.96. The van der Waals surface area contributed by atoms with Crippen LogP contribution in [0.3, 0.4) is 0 Å². The topological polar surface area (TPSA) is 96.2 Å². The zero-order valence-corrected chi connectivity index (χ0v) is 16.8. The molecule has 2 aliphatic rings. The van der Waals surface area contributed by atoms with Crippen molar-refractivity contribution in [2.45, 2.75) is 43.6 Å². The number of nitrogens with zero attached hydrogens (tertiary/aromatic N) is 5. The van der Waals surface area contributed by atoms with E-state index in [-0.39, 0.29) is 23.4 Å². The number of aromatic nitrogens is 4. The van der Waals surface area contributed by atoms with Crippen LogP contribution in [0.4, 0.5) is 10.2 Å². The standard InChI is InChI=1S/C21H23FN6O2/c1-27-10-23-16-8-12(18(29)9-13(16)21(27)30)14-5-6-19(26-25-14)28(2)17-7-11-3-4-15(24-11)20(17)22/h5-6,8-11,15,17,20,24,29H,3-4,7H2,1-2H3/t11?,15?,17-,20+/m0/s1. The summed E-state index contributed by atoms with van der Waals surface area (Å²) in [6.07, 6.45) is 3.12. The molecule has 8 nitrogen and oxygen atoms in total. The summed E-state index contributed by atoms with van der Waals surface area (Å²) in [7, 11) is 3.45. The monoisotopic (exact) mass is 410 g/mol. The van der Waals surface area contributed by atoms with E-state index in [4.69, 9.17) is 0 Å². The van der Waals surface area contributed by atoms with Crippen molar-refractivity contribution in [1.82, 2.24) is 25.1 Å². The highest BCUT2D eigenvalue weighted by atomic mass is 19.1. The summed E-state index contributed by atoms with van der Waals surface area (Å²) < 4.78 is 16.2. The summed E-state index contributed by atoms with van der Waals surface area (Å²) in [5.74, 6) is 0.515. The first-order chi connectivity index (χ1) is 14.4. The smallest absolute Gasteiger partial charge is 0.261 e. The molecule has 2 saturated heterocycles. The molecule has 3 aromatic rings. The van der Waals surface area contributed by atoms with Crippen LogP contribution in [0.1, 0.15) is 19.3 Å². The van der Waals surface area contributed by atoms with Crippen molar-refractivity contribution >= 4 is 16.7 Å². The molecule has 2 unspecified atom stereocenters. The Kier molecular flexibility index (Phi) is 4.43. The number of nitrogens with one attached hydrogen (secondary N) is 1. The first-order valence-electron chi connectivity index (χ1n) is 10.1. The molecule has 0 saturated carbocycles. The Balaban J connectivity index is 1.44. The van der Waals surface area contributed by atoms with Crippen LogP contribution >= 0.6 is 0 Å². The third-order valence-electron chi connectivity index (χ3n) is 6.37. The number of rotatable bonds is 3. The van der Waals surface area contributed by atoms with E-state index in [0.717, 1.165) is 19.3 Å². The van der Waals surface area contributed by atoms with Gasteiger partial charge in [0.1, 0.15) is 11.9 Å². The third-order valence-corrected chi connectivity index (χ3v) is 6.37. The second kappa shape index (κ2) is 7.02. The maximum Gasteiger partial charge on any atom is 0.261 e. The van der Waals surface area contributed by atoms with Crippen molar-refractivity contribution in [3.63, 3.8) is 0 Å². The lowest BCUT2D eigenvalue weighted by Gasteiger charge is -2.38. The van der Waals surface area contributed by atoms with Gasteiger partial charge < -0.3 is 19.9 Å². The molecule has 1 aromatic carbocycles. The maximum absolute atomic E-state index is 14.9. The highest BCUT2D eigenvalue weighted by molar-refractivity contribution is 5.86. The molecule has 5 rings (SSSR count). The SMILES string of the molecule is CN(c1ccc(-c2cc3ncn(C)c(=O)c3cc2O)nn1)[C@H]1CC2CCC(N2)[C@H]1F. The molecule has 0 amide bonds. The van der Waals surface area contributed by atoms with Crippen LogP contribution in [0.5, 0.6) is 5.75 Å². The first-order valence-corrected chi connectivity index (χ1v) is 10.1. The van der Waals surface area contributed by atoms with Crippen LogP contribution in [-0.4, -0.2) is 56.2 Å². The molecule has 0 aliphatic carbocycles. The molecule has 2 aliphatic heterocycles. The number of piperidine rings is 1. The highest BCUT2D eigenvalue weighted by Gasteiger charge is 2.43. The molecule has 156 valence electrons. The van der Waals surface area contributed by atoms with Gasteiger partial charge in [0.05, 0.1) is 29.0 Å². The van der Waals surface area contributed by atoms with Crippen LogP contribution in [0, 0.1) is 0 Å². The van der Waals surface area contributed by atoms with Gasteiger partial charge in [-0.25, -0.2) is 9.37 Å². The minimum Gasteiger partial charge on any atom is -0.507 e. The van der Waals surface area contributed by atoms with E-state index in [1.807, 2.05) is 11.9 Å². The quantitative estimate of drug-likeness (QED) is 0.679. The molecule has 9 heteroatoms. The summed E-state index contributed by atoms with van der Waals surface area (Å²) in [6, 6.07) is 6.58. The molecule has 2 N–H and O–H groups in total. The van der Waals surface area contributed by atoms with E-state index in [1.54, 1.807) is 25.2 Å². The number of hydrogen-bond acceptors (Lipinski definition) is 7. The molecule has 0 radical (unpaired) electrons. The number of aromatic hydroxyl groups is 1. The molecule has 2 fully saturated rings. The van der Waals surface area contributed by atoms with Gasteiger partial charge in [0, 0.05) is 31.7 Å². The van der Waals surface area contributed by atoms with Gasteiger partial charge in [0.2, 0.25) is 0 Å². The lowest BCUT2D eigenvalue weighted by Crippen LogP contribution is -2.55. The first kappa shape index (κ1) is 18.9. The van der Waals surface area contributed by atoms with Crippen molar-refractivity contribution in [2.24, 2.45) is 7.05 Å². The number of halogens is 1. The molecule has 2 bridgehead atoms. The molecule has 0 spiro atoms. The molecule has 30 heavy (non-hydrogen) atoms. The lowest BCUT2D eigenvalue weighted by molar-refractivity contribution is 0.176. The Labute approximate surface area is 172 Å². The van der Waals surface area contributed by atoms with Gasteiger partial charge in [-0.05, 0) is 43.5 Å². The second-order valence-electron chi connectivity index (χ2n) is 8.23. The fourth-order valence-electron chi connectivity index (χ4n) is 4.63. The molecular weight excluding hydrogens is 387 g/mol. The van der Waals surface area contributed by atoms with Gasteiger partial charge in [-0.2, -0.15) is 0 Å². The van der Waals surface area contributed by atoms with E-state index in [9.17, 15) is 14.3 Å². The number of aryl methyl sites for hydroxylation is 1. The fraction of sp³-hybridized carbons (Fsp3) is 0.429. The van der Waals surface area contributed by atoms with Crippen LogP contribution < -0.4 is 15.8 Å². The van der Waals surface area contributed by atoms with Crippen molar-refractivity contribution in [3.8, 4) is 17.0 Å². The van der Waals surface area contributed by atoms with Crippen molar-refractivity contribution in [3.05, 3.63) is 40.9 Å². The summed E-state index contributed by atoms with van der Waals surface area (Å²) in [5.41, 5.74) is 1.13. The number of anilines is 1. The Hall–Kier alpha value is -3.07. The zero-order chi connectivity index (χ0) is 21.0. The van der Waals surface area contributed by atoms with E-state index in [1.165, 1.54) is 17.0 Å². The number of phenols is 1. The van der Waals surface area contributed by atoms with Crippen LogP contribution in [-0.2, 0) is 7.05 Å². The fourth-order valence-corrected chi connectivity index (χ4v) is 4.63. The molecule has 4 heterocycles. The van der Waals surface area contributed by atoms with E-state index in [0.29, 0.717) is 34.0 Å². The predicted molar refractivity (Wildman–Crippen MR) is 111 cm³/mol. The summed E-state index contributed by atoms with van der Waals surface area (Å²) in [6.45, 7) is 0. The average molecular weight is 410 g/mol. The van der Waals surface area contributed by atoms with Gasteiger partial charge >= 0.3 is 0 Å². The van der Waals surface area contributed by atoms with Crippen molar-refractivity contribution in [1.29, 1.82) is 0 Å². The number of benzene rings is 1. The number of hydrogen-bond donors (Lipinski definition) is 2. The Bertz CT molecular complexity index is 1160.